The second-order valence-electron chi connectivity index (χ2n) is 5.42. The Kier molecular flexibility index (Phi) is 5.90. The molecule has 1 aromatic rings. The Labute approximate surface area is 123 Å². The number of ether oxygens (including phenoxy) is 1. The first-order valence-electron chi connectivity index (χ1n) is 7.32. The van der Waals surface area contributed by atoms with Crippen LogP contribution in [-0.4, -0.2) is 12.4 Å². The molecule has 0 radical (unpaired) electrons. The summed E-state index contributed by atoms with van der Waals surface area (Å²) in [6.07, 6.45) is 3.11. The molecule has 0 heterocycles. The number of hydrogen-bond acceptors (Lipinski definition) is 2. The molecule has 1 saturated carbocycles. The van der Waals surface area contributed by atoms with Gasteiger partial charge in [-0.25, -0.2) is 8.78 Å². The lowest BCUT2D eigenvalue weighted by molar-refractivity contribution is -0.151. The van der Waals surface area contributed by atoms with Crippen LogP contribution in [0.4, 0.5) is 8.78 Å². The van der Waals surface area contributed by atoms with Gasteiger partial charge in [0.25, 0.3) is 6.43 Å². The van der Waals surface area contributed by atoms with Crippen molar-refractivity contribution in [3.63, 3.8) is 0 Å². The summed E-state index contributed by atoms with van der Waals surface area (Å²) < 4.78 is 29.5. The van der Waals surface area contributed by atoms with Crippen LogP contribution >= 0.6 is 0 Å². The average Bonchev–Trinajstić information content (AvgIpc) is 2.52. The van der Waals surface area contributed by atoms with Crippen molar-refractivity contribution < 1.29 is 18.3 Å². The van der Waals surface area contributed by atoms with Crippen molar-refractivity contribution in [2.45, 2.75) is 38.7 Å². The summed E-state index contributed by atoms with van der Waals surface area (Å²) in [6.45, 7) is 0.297. The lowest BCUT2D eigenvalue weighted by Gasteiger charge is -2.25. The van der Waals surface area contributed by atoms with Crippen molar-refractivity contribution in [2.75, 3.05) is 0 Å². The average molecular weight is 294 g/mol. The van der Waals surface area contributed by atoms with Crippen LogP contribution in [-0.2, 0) is 16.1 Å². The second kappa shape index (κ2) is 7.91. The van der Waals surface area contributed by atoms with Gasteiger partial charge in [-0.05, 0) is 43.2 Å². The Morgan fingerprint density at radius 3 is 2.48 bits per heavy atom. The molecule has 114 valence electrons. The van der Waals surface area contributed by atoms with Crippen LogP contribution in [0.25, 0.3) is 0 Å². The minimum absolute atomic E-state index is 0.0927. The number of hydrogen-bond donors (Lipinski definition) is 0. The predicted octanol–water partition coefficient (Wildman–Crippen LogP) is 4.36. The summed E-state index contributed by atoms with van der Waals surface area (Å²) in [5.74, 6) is -0.0998. The highest BCUT2D eigenvalue weighted by Gasteiger charge is 2.26. The van der Waals surface area contributed by atoms with Gasteiger partial charge in [-0.1, -0.05) is 36.4 Å². The number of carbonyl (C=O) groups is 1. The zero-order valence-corrected chi connectivity index (χ0v) is 11.9. The first kappa shape index (κ1) is 15.7. The van der Waals surface area contributed by atoms with Crippen molar-refractivity contribution in [3.8, 4) is 0 Å². The lowest BCUT2D eigenvalue weighted by Crippen LogP contribution is -2.23. The Bertz CT molecular complexity index is 463. The highest BCUT2D eigenvalue weighted by Crippen LogP contribution is 2.30. The van der Waals surface area contributed by atoms with E-state index in [2.05, 4.69) is 0 Å². The molecule has 0 atom stereocenters. The number of rotatable bonds is 5. The highest BCUT2D eigenvalue weighted by molar-refractivity contribution is 5.72. The maximum atomic E-state index is 12.1. The van der Waals surface area contributed by atoms with Gasteiger partial charge in [-0.15, -0.1) is 0 Å². The number of halogens is 2. The molecule has 0 N–H and O–H groups in total. The normalized spacial score (nSPS) is 22.6. The van der Waals surface area contributed by atoms with E-state index >= 15 is 0 Å². The first-order valence-corrected chi connectivity index (χ1v) is 7.32. The van der Waals surface area contributed by atoms with Gasteiger partial charge in [0.05, 0.1) is 5.92 Å². The largest absolute Gasteiger partial charge is 0.461 e. The van der Waals surface area contributed by atoms with Gasteiger partial charge < -0.3 is 4.74 Å². The van der Waals surface area contributed by atoms with Crippen molar-refractivity contribution in [1.82, 2.24) is 0 Å². The fraction of sp³-hybridized carbons (Fsp3) is 0.471. The van der Waals surface area contributed by atoms with E-state index in [1.807, 2.05) is 30.3 Å². The van der Waals surface area contributed by atoms with E-state index < -0.39 is 6.43 Å². The molecule has 0 bridgehead atoms. The molecular weight excluding hydrogens is 274 g/mol. The van der Waals surface area contributed by atoms with E-state index in [0.717, 1.165) is 24.5 Å². The Morgan fingerprint density at radius 2 is 1.86 bits per heavy atom. The van der Waals surface area contributed by atoms with Crippen LogP contribution in [0.1, 0.15) is 31.2 Å². The van der Waals surface area contributed by atoms with Gasteiger partial charge in [0, 0.05) is 0 Å². The Balaban J connectivity index is 1.73. The summed E-state index contributed by atoms with van der Waals surface area (Å²) in [7, 11) is 0. The Hall–Kier alpha value is -1.71. The van der Waals surface area contributed by atoms with Crippen LogP contribution in [0.15, 0.2) is 42.5 Å². The summed E-state index contributed by atoms with van der Waals surface area (Å²) in [4.78, 5) is 12.0. The third-order valence-corrected chi connectivity index (χ3v) is 3.86. The van der Waals surface area contributed by atoms with Gasteiger partial charge in [0.1, 0.15) is 6.61 Å². The Morgan fingerprint density at radius 1 is 1.19 bits per heavy atom. The highest BCUT2D eigenvalue weighted by atomic mass is 19.3. The molecule has 0 unspecified atom stereocenters. The zero-order valence-electron chi connectivity index (χ0n) is 11.9. The van der Waals surface area contributed by atoms with Gasteiger partial charge >= 0.3 is 5.97 Å². The number of benzene rings is 1. The molecule has 4 heteroatoms. The van der Waals surface area contributed by atoms with Crippen molar-refractivity contribution in [3.05, 3.63) is 48.0 Å². The monoisotopic (exact) mass is 294 g/mol. The second-order valence-corrected chi connectivity index (χ2v) is 5.42. The first-order chi connectivity index (χ1) is 10.1. The van der Waals surface area contributed by atoms with Crippen LogP contribution < -0.4 is 0 Å². The lowest BCUT2D eigenvalue weighted by atomic mass is 9.82. The van der Waals surface area contributed by atoms with Gasteiger partial charge in [-0.3, -0.25) is 4.79 Å². The van der Waals surface area contributed by atoms with Gasteiger partial charge in [0.2, 0.25) is 0 Å². The van der Waals surface area contributed by atoms with E-state index in [0.29, 0.717) is 19.4 Å². The third kappa shape index (κ3) is 5.29. The standard InChI is InChI=1S/C17H20F2O2/c18-16(19)11-8-13-6-9-15(10-7-13)17(20)21-12-14-4-2-1-3-5-14/h1-5,8,11,13,15-16H,6-7,9-10,12H2. The number of carbonyl (C=O) groups excluding carboxylic acids is 1. The van der Waals surface area contributed by atoms with Gasteiger partial charge in [0.15, 0.2) is 0 Å². The molecule has 2 nitrogen and oxygen atoms in total. The maximum Gasteiger partial charge on any atom is 0.309 e. The number of allylic oxidation sites excluding steroid dienone is 2. The van der Waals surface area contributed by atoms with E-state index in [4.69, 9.17) is 4.74 Å². The van der Waals surface area contributed by atoms with Gasteiger partial charge in [-0.2, -0.15) is 0 Å². The van der Waals surface area contributed by atoms with Crippen LogP contribution in [0, 0.1) is 11.8 Å². The van der Waals surface area contributed by atoms with Crippen LogP contribution in [0.2, 0.25) is 0 Å². The van der Waals surface area contributed by atoms with E-state index in [1.165, 1.54) is 0 Å². The molecule has 0 saturated heterocycles. The minimum Gasteiger partial charge on any atom is -0.461 e. The minimum atomic E-state index is -2.39. The SMILES string of the molecule is O=C(OCc1ccccc1)C1CCC(C=CC(F)F)CC1. The maximum absolute atomic E-state index is 12.1. The molecule has 1 fully saturated rings. The molecule has 1 aliphatic carbocycles. The molecular formula is C17H20F2O2. The fourth-order valence-electron chi connectivity index (χ4n) is 2.64. The quantitative estimate of drug-likeness (QED) is 0.596. The molecule has 0 amide bonds. The van der Waals surface area contributed by atoms with Crippen LogP contribution in [0.3, 0.4) is 0 Å². The van der Waals surface area contributed by atoms with Crippen LogP contribution in [0.5, 0.6) is 0 Å². The molecule has 1 aromatic carbocycles. The molecule has 2 rings (SSSR count). The smallest absolute Gasteiger partial charge is 0.309 e. The fourth-order valence-corrected chi connectivity index (χ4v) is 2.64. The number of esters is 1. The summed E-state index contributed by atoms with van der Waals surface area (Å²) >= 11 is 0. The third-order valence-electron chi connectivity index (χ3n) is 3.86. The van der Waals surface area contributed by atoms with E-state index in [-0.39, 0.29) is 17.8 Å². The molecule has 0 aliphatic heterocycles. The topological polar surface area (TPSA) is 26.3 Å². The molecule has 0 spiro atoms. The zero-order chi connectivity index (χ0) is 15.1. The van der Waals surface area contributed by atoms with Crippen molar-refractivity contribution >= 4 is 5.97 Å². The molecule has 0 aromatic heterocycles. The number of alkyl halides is 2. The summed E-state index contributed by atoms with van der Waals surface area (Å²) in [5, 5.41) is 0. The van der Waals surface area contributed by atoms with E-state index in [1.54, 1.807) is 6.08 Å². The van der Waals surface area contributed by atoms with Crippen molar-refractivity contribution in [2.24, 2.45) is 11.8 Å². The molecule has 21 heavy (non-hydrogen) atoms. The molecule has 1 aliphatic rings. The van der Waals surface area contributed by atoms with Crippen molar-refractivity contribution in [1.29, 1.82) is 0 Å². The van der Waals surface area contributed by atoms with E-state index in [9.17, 15) is 13.6 Å². The predicted molar refractivity (Wildman–Crippen MR) is 76.8 cm³/mol. The summed E-state index contributed by atoms with van der Waals surface area (Å²) in [5.41, 5.74) is 0.972. The summed E-state index contributed by atoms with van der Waals surface area (Å²) in [6, 6.07) is 9.56.